The summed E-state index contributed by atoms with van der Waals surface area (Å²) in [6.45, 7) is 3.73. The number of carbonyl (C=O) groups is 1. The molecule has 0 spiro atoms. The normalized spacial score (nSPS) is 15.9. The number of aryl methyl sites for hydroxylation is 2. The molecule has 7 heteroatoms. The fourth-order valence-electron chi connectivity index (χ4n) is 3.71. The number of amides is 1. The summed E-state index contributed by atoms with van der Waals surface area (Å²) in [5.74, 6) is 0.533. The molecule has 3 heterocycles. The Balaban J connectivity index is 1.83. The Hall–Kier alpha value is -3.19. The number of fused-ring (bicyclic) bond motifs is 2. The summed E-state index contributed by atoms with van der Waals surface area (Å²) >= 11 is 3.40. The SMILES string of the molecule is Cc1ccc([C@H]2c3c(oc4ccc(Br)cc4c3=O)C(=O)N2c2cc(C)on2)cc1. The van der Waals surface area contributed by atoms with E-state index in [4.69, 9.17) is 8.94 Å². The summed E-state index contributed by atoms with van der Waals surface area (Å²) in [5.41, 5.74) is 2.32. The number of hydrogen-bond acceptors (Lipinski definition) is 5. The molecular formula is C22H15BrN2O4. The van der Waals surface area contributed by atoms with E-state index >= 15 is 0 Å². The van der Waals surface area contributed by atoms with Gasteiger partial charge in [0.1, 0.15) is 11.3 Å². The summed E-state index contributed by atoms with van der Waals surface area (Å²) in [4.78, 5) is 28.2. The first-order valence-electron chi connectivity index (χ1n) is 9.04. The van der Waals surface area contributed by atoms with E-state index in [0.29, 0.717) is 28.1 Å². The van der Waals surface area contributed by atoms with E-state index in [1.54, 1.807) is 31.2 Å². The second kappa shape index (κ2) is 6.42. The Bertz CT molecular complexity index is 1340. The number of rotatable bonds is 2. The van der Waals surface area contributed by atoms with Gasteiger partial charge in [-0.25, -0.2) is 0 Å². The van der Waals surface area contributed by atoms with Crippen LogP contribution >= 0.6 is 15.9 Å². The Morgan fingerprint density at radius 2 is 1.79 bits per heavy atom. The van der Waals surface area contributed by atoms with Crippen molar-refractivity contribution in [2.75, 3.05) is 4.90 Å². The summed E-state index contributed by atoms with van der Waals surface area (Å²) in [6.07, 6.45) is 0. The summed E-state index contributed by atoms with van der Waals surface area (Å²) in [7, 11) is 0. The van der Waals surface area contributed by atoms with Crippen molar-refractivity contribution in [2.24, 2.45) is 0 Å². The third kappa shape index (κ3) is 2.73. The fourth-order valence-corrected chi connectivity index (χ4v) is 4.07. The van der Waals surface area contributed by atoms with Gasteiger partial charge in [0.05, 0.1) is 17.0 Å². The lowest BCUT2D eigenvalue weighted by Gasteiger charge is -2.22. The maximum Gasteiger partial charge on any atom is 0.296 e. The van der Waals surface area contributed by atoms with E-state index in [1.807, 2.05) is 31.2 Å². The lowest BCUT2D eigenvalue weighted by atomic mass is 9.98. The van der Waals surface area contributed by atoms with Crippen LogP contribution in [0.4, 0.5) is 5.82 Å². The van der Waals surface area contributed by atoms with Crippen molar-refractivity contribution < 1.29 is 13.7 Å². The van der Waals surface area contributed by atoms with Crippen LogP contribution in [-0.4, -0.2) is 11.1 Å². The van der Waals surface area contributed by atoms with Crippen molar-refractivity contribution in [1.82, 2.24) is 5.16 Å². The summed E-state index contributed by atoms with van der Waals surface area (Å²) < 4.78 is 11.9. The molecule has 1 amide bonds. The van der Waals surface area contributed by atoms with Crippen molar-refractivity contribution in [3.8, 4) is 0 Å². The fraction of sp³-hybridized carbons (Fsp3) is 0.136. The molecule has 0 fully saturated rings. The van der Waals surface area contributed by atoms with Crippen LogP contribution in [0, 0.1) is 13.8 Å². The molecule has 4 aromatic rings. The Morgan fingerprint density at radius 3 is 2.48 bits per heavy atom. The van der Waals surface area contributed by atoms with Gasteiger partial charge in [0.25, 0.3) is 5.91 Å². The van der Waals surface area contributed by atoms with Gasteiger partial charge in [0, 0.05) is 10.5 Å². The standard InChI is InChI=1S/C22H15BrN2O4/c1-11-3-5-13(6-4-11)19-18-20(26)15-10-14(23)7-8-16(15)28-21(18)22(27)25(19)17-9-12(2)29-24-17/h3-10,19H,1-2H3/t19-/m0/s1. The van der Waals surface area contributed by atoms with Gasteiger partial charge >= 0.3 is 0 Å². The first kappa shape index (κ1) is 17.9. The highest BCUT2D eigenvalue weighted by molar-refractivity contribution is 9.10. The van der Waals surface area contributed by atoms with Crippen LogP contribution in [0.3, 0.4) is 0 Å². The predicted molar refractivity (Wildman–Crippen MR) is 111 cm³/mol. The zero-order chi connectivity index (χ0) is 20.3. The van der Waals surface area contributed by atoms with Crippen LogP contribution in [0.5, 0.6) is 0 Å². The average Bonchev–Trinajstić information content (AvgIpc) is 3.25. The molecule has 0 saturated heterocycles. The molecule has 0 saturated carbocycles. The van der Waals surface area contributed by atoms with Crippen LogP contribution in [0.15, 0.2) is 66.7 Å². The first-order chi connectivity index (χ1) is 13.9. The van der Waals surface area contributed by atoms with E-state index < -0.39 is 11.9 Å². The molecule has 2 aromatic carbocycles. The molecule has 5 rings (SSSR count). The molecule has 29 heavy (non-hydrogen) atoms. The topological polar surface area (TPSA) is 76.6 Å². The van der Waals surface area contributed by atoms with Crippen molar-refractivity contribution in [3.63, 3.8) is 0 Å². The van der Waals surface area contributed by atoms with Crippen LogP contribution in [-0.2, 0) is 0 Å². The van der Waals surface area contributed by atoms with Gasteiger partial charge in [0.2, 0.25) is 5.76 Å². The van der Waals surface area contributed by atoms with Gasteiger partial charge < -0.3 is 8.94 Å². The van der Waals surface area contributed by atoms with E-state index in [-0.39, 0.29) is 11.2 Å². The Kier molecular flexibility index (Phi) is 3.96. The molecule has 0 unspecified atom stereocenters. The van der Waals surface area contributed by atoms with Gasteiger partial charge in [-0.2, -0.15) is 0 Å². The van der Waals surface area contributed by atoms with E-state index in [0.717, 1.165) is 15.6 Å². The summed E-state index contributed by atoms with van der Waals surface area (Å²) in [6, 6.07) is 13.9. The van der Waals surface area contributed by atoms with Crippen molar-refractivity contribution in [1.29, 1.82) is 0 Å². The second-order valence-corrected chi connectivity index (χ2v) is 8.01. The molecule has 0 aliphatic carbocycles. The molecule has 0 radical (unpaired) electrons. The van der Waals surface area contributed by atoms with Crippen molar-refractivity contribution in [3.05, 3.63) is 91.4 Å². The summed E-state index contributed by atoms with van der Waals surface area (Å²) in [5, 5.41) is 4.43. The molecule has 6 nitrogen and oxygen atoms in total. The number of nitrogens with zero attached hydrogens (tertiary/aromatic N) is 2. The highest BCUT2D eigenvalue weighted by Gasteiger charge is 2.44. The zero-order valence-electron chi connectivity index (χ0n) is 15.6. The highest BCUT2D eigenvalue weighted by Crippen LogP contribution is 2.41. The number of hydrogen-bond donors (Lipinski definition) is 0. The van der Waals surface area contributed by atoms with Gasteiger partial charge in [-0.1, -0.05) is 50.9 Å². The molecule has 0 bridgehead atoms. The van der Waals surface area contributed by atoms with Gasteiger partial charge in [-0.05, 0) is 37.6 Å². The largest absolute Gasteiger partial charge is 0.450 e. The van der Waals surface area contributed by atoms with Crippen LogP contribution in [0.2, 0.25) is 0 Å². The van der Waals surface area contributed by atoms with Gasteiger partial charge in [-0.3, -0.25) is 14.5 Å². The average molecular weight is 451 g/mol. The minimum atomic E-state index is -0.651. The van der Waals surface area contributed by atoms with Crippen LogP contribution < -0.4 is 10.3 Å². The van der Waals surface area contributed by atoms with Crippen LogP contribution in [0.1, 0.15) is 39.0 Å². The molecule has 1 atom stereocenters. The molecule has 1 aliphatic heterocycles. The van der Waals surface area contributed by atoms with Crippen molar-refractivity contribution in [2.45, 2.75) is 19.9 Å². The van der Waals surface area contributed by atoms with Gasteiger partial charge in [-0.15, -0.1) is 0 Å². The second-order valence-electron chi connectivity index (χ2n) is 7.10. The monoisotopic (exact) mass is 450 g/mol. The maximum atomic E-state index is 13.4. The number of aromatic nitrogens is 1. The first-order valence-corrected chi connectivity index (χ1v) is 9.83. The number of anilines is 1. The molecule has 1 aliphatic rings. The van der Waals surface area contributed by atoms with E-state index in [2.05, 4.69) is 21.1 Å². The predicted octanol–water partition coefficient (Wildman–Crippen LogP) is 4.91. The molecule has 0 N–H and O–H groups in total. The third-order valence-corrected chi connectivity index (χ3v) is 5.58. The number of halogens is 1. The number of carbonyl (C=O) groups excluding carboxylic acids is 1. The zero-order valence-corrected chi connectivity index (χ0v) is 17.2. The smallest absolute Gasteiger partial charge is 0.296 e. The lowest BCUT2D eigenvalue weighted by molar-refractivity contribution is 0.0969. The minimum absolute atomic E-state index is 0.0380. The minimum Gasteiger partial charge on any atom is -0.450 e. The van der Waals surface area contributed by atoms with E-state index in [1.165, 1.54) is 4.90 Å². The van der Waals surface area contributed by atoms with Crippen LogP contribution in [0.25, 0.3) is 11.0 Å². The molecule has 2 aromatic heterocycles. The van der Waals surface area contributed by atoms with E-state index in [9.17, 15) is 9.59 Å². The lowest BCUT2D eigenvalue weighted by Crippen LogP contribution is -2.29. The highest BCUT2D eigenvalue weighted by atomic mass is 79.9. The third-order valence-electron chi connectivity index (χ3n) is 5.09. The molecule has 144 valence electrons. The molecular weight excluding hydrogens is 436 g/mol. The van der Waals surface area contributed by atoms with Gasteiger partial charge in [0.15, 0.2) is 11.2 Å². The number of benzene rings is 2. The quantitative estimate of drug-likeness (QED) is 0.433. The Morgan fingerprint density at radius 1 is 1.03 bits per heavy atom. The Labute approximate surface area is 173 Å². The van der Waals surface area contributed by atoms with Crippen molar-refractivity contribution >= 4 is 38.6 Å². The maximum absolute atomic E-state index is 13.4.